The van der Waals surface area contributed by atoms with E-state index in [1.165, 1.54) is 6.92 Å². The summed E-state index contributed by atoms with van der Waals surface area (Å²) in [6, 6.07) is 0. The van der Waals surface area contributed by atoms with Crippen LogP contribution in [0, 0.1) is 5.92 Å². The van der Waals surface area contributed by atoms with Gasteiger partial charge in [-0.3, -0.25) is 49.2 Å². The van der Waals surface area contributed by atoms with Gasteiger partial charge in [-0.1, -0.05) is 12.8 Å². The van der Waals surface area contributed by atoms with Gasteiger partial charge < -0.3 is 38.1 Å². The van der Waals surface area contributed by atoms with E-state index in [1.54, 1.807) is 0 Å². The fourth-order valence-corrected chi connectivity index (χ4v) is 5.33. The van der Waals surface area contributed by atoms with Gasteiger partial charge in [0.15, 0.2) is 0 Å². The predicted octanol–water partition coefficient (Wildman–Crippen LogP) is 3.69. The van der Waals surface area contributed by atoms with Crippen LogP contribution in [0.1, 0.15) is 116 Å². The van der Waals surface area contributed by atoms with Crippen LogP contribution in [0.15, 0.2) is 0 Å². The Kier molecular flexibility index (Phi) is 44.9. The van der Waals surface area contributed by atoms with Crippen LogP contribution in [0.25, 0.3) is 16.8 Å². The van der Waals surface area contributed by atoms with Gasteiger partial charge >= 0.3 is 31.1 Å². The summed E-state index contributed by atoms with van der Waals surface area (Å²) in [5.74, 6) is -2.07. The molecule has 1 fully saturated rings. The average Bonchev–Trinajstić information content (AvgIpc) is 3.24. The second kappa shape index (κ2) is 43.4. The number of nitrogens with one attached hydrogen (secondary N) is 6. The molecule has 1 aliphatic heterocycles. The van der Waals surface area contributed by atoms with E-state index in [2.05, 4.69) is 39.9 Å². The first-order valence-electron chi connectivity index (χ1n) is 20.4. The molecule has 0 aromatic heterocycles. The smallest absolute Gasteiger partial charge is 0 e. The van der Waals surface area contributed by atoms with E-state index in [1.807, 2.05) is 17.8 Å². The molecule has 0 radical (unpaired) electrons. The van der Waals surface area contributed by atoms with Crippen molar-refractivity contribution in [3.63, 3.8) is 0 Å². The van der Waals surface area contributed by atoms with Gasteiger partial charge in [0.25, 0.3) is 0 Å². The van der Waals surface area contributed by atoms with Crippen molar-refractivity contribution in [2.24, 2.45) is 5.92 Å². The maximum Gasteiger partial charge on any atom is 0 e. The zero-order valence-corrected chi connectivity index (χ0v) is 39.9. The Balaban J connectivity index is -0.00000436. The van der Waals surface area contributed by atoms with Gasteiger partial charge in [0.1, 0.15) is 0 Å². The molecule has 7 amide bonds. The van der Waals surface area contributed by atoms with Crippen LogP contribution in [0.4, 0.5) is 0 Å². The number of halogens is 1. The Bertz CT molecular complexity index is 1180. The Morgan fingerprint density at radius 1 is 0.567 bits per heavy atom. The molecule has 1 heterocycles. The van der Waals surface area contributed by atoms with Crippen molar-refractivity contribution >= 4 is 54.6 Å². The van der Waals surface area contributed by atoms with Gasteiger partial charge in [0.2, 0.25) is 41.4 Å². The second-order valence-electron chi connectivity index (χ2n) is 13.8. The molecule has 0 aromatic rings. The summed E-state index contributed by atoms with van der Waals surface area (Å²) in [4.78, 5) is 83.2. The van der Waals surface area contributed by atoms with Gasteiger partial charge in [-0.2, -0.15) is 13.1 Å². The molecule has 23 heteroatoms. The Hall–Kier alpha value is -2.26. The van der Waals surface area contributed by atoms with Crippen molar-refractivity contribution in [3.8, 4) is 0 Å². The van der Waals surface area contributed by atoms with Crippen molar-refractivity contribution in [1.82, 2.24) is 36.5 Å². The molecule has 0 bridgehead atoms. The fourth-order valence-electron chi connectivity index (χ4n) is 5.33. The van der Waals surface area contributed by atoms with Gasteiger partial charge in [-0.15, -0.1) is 13.1 Å². The molecule has 1 rings (SSSR count). The molecule has 355 valence electrons. The number of hydrogen-bond acceptors (Lipinski definition) is 10. The summed E-state index contributed by atoms with van der Waals surface area (Å²) in [5, 5.41) is 46.4. The van der Waals surface area contributed by atoms with E-state index >= 15 is 0 Å². The maximum atomic E-state index is 12.2. The number of hydroxylamine groups is 6. The van der Waals surface area contributed by atoms with Crippen molar-refractivity contribution < 1.29 is 84.0 Å². The Labute approximate surface area is 383 Å². The quantitative estimate of drug-likeness (QED) is 0.0237. The zero-order valence-electron chi connectivity index (χ0n) is 34.9. The summed E-state index contributed by atoms with van der Waals surface area (Å²) in [5.41, 5.74) is 12.5. The number of nitrogens with zero attached hydrogens (tertiary/aromatic N) is 4. The number of piperidine rings is 1. The molecular weight excluding hydrogens is 1080 g/mol. The molecule has 0 atom stereocenters. The maximum absolute atomic E-state index is 12.2. The number of rotatable bonds is 30. The molecule has 0 aromatic carbocycles. The van der Waals surface area contributed by atoms with Gasteiger partial charge in [-0.05, 0) is 63.7 Å². The van der Waals surface area contributed by atoms with Crippen LogP contribution < -0.4 is 21.3 Å². The Morgan fingerprint density at radius 2 is 0.900 bits per heavy atom. The minimum Gasteiger partial charge on any atom is -0.679 e. The molecule has 0 unspecified atom stereocenters. The topological polar surface area (TPSA) is 300 Å². The van der Waals surface area contributed by atoms with Crippen LogP contribution >= 0.6 is 13.3 Å². The van der Waals surface area contributed by atoms with Crippen LogP contribution in [0.3, 0.4) is 0 Å². The van der Waals surface area contributed by atoms with Gasteiger partial charge in [0, 0.05) is 108 Å². The van der Waals surface area contributed by atoms with E-state index in [-0.39, 0.29) is 112 Å². The molecule has 0 saturated carbocycles. The molecule has 9 N–H and O–H groups in total. The molecule has 0 aliphatic carbocycles. The van der Waals surface area contributed by atoms with E-state index in [0.717, 1.165) is 25.9 Å². The number of carbonyl (C=O) groups excluding carboxylic acids is 7. The third-order valence-electron chi connectivity index (χ3n) is 8.86. The number of amides is 7. The SMILES string of the molecule is CC(=O)N(O)CCCCCNC(=O)CCC(=O)N(O)CCCCCNC(=O)CCC(=O)N(O)CCCCCNC(=O)CCC(=O)NCC1CC[N-]CC1.[Br][Pt].[Fe].[NH-]CC[NH-]. The van der Waals surface area contributed by atoms with Crippen molar-refractivity contribution in [1.29, 1.82) is 0 Å². The minimum atomic E-state index is -0.566. The molecule has 0 spiro atoms. The van der Waals surface area contributed by atoms with E-state index in [0.29, 0.717) is 105 Å². The fraction of sp³-hybridized carbons (Fsp3) is 0.811. The molecule has 1 saturated heterocycles. The van der Waals surface area contributed by atoms with Gasteiger partial charge in [-0.25, -0.2) is 15.2 Å². The summed E-state index contributed by atoms with van der Waals surface area (Å²) in [6.07, 6.45) is 7.31. The molecule has 60 heavy (non-hydrogen) atoms. The summed E-state index contributed by atoms with van der Waals surface area (Å²) < 4.78 is 0. The van der Waals surface area contributed by atoms with Crippen molar-refractivity contribution in [3.05, 3.63) is 16.8 Å². The van der Waals surface area contributed by atoms with E-state index < -0.39 is 17.7 Å². The number of unbranched alkanes of at least 4 members (excludes halogenated alkanes) is 6. The third kappa shape index (κ3) is 38.6. The standard InChI is InChI=1S/C35H63N8O10.C2H6N2.BrH.Fe.Pt/c1-28(44)41(51)24-8-2-5-20-38-31(46)13-15-34(49)43(53)26-10-4-7-21-39-32(47)14-16-35(50)42(52)25-9-3-6-19-37-30(45)11-12-33(48)40-27-29-17-22-36-23-18-29;3-1-2-4;;;/h29,51-53H,2-27H2,1H3,(H,37,45)(H,38,46)(H,39,47)(H,40,48);3-4H,1-2H2;1H;;/q-1;-2;;;+1/p-1. The van der Waals surface area contributed by atoms with Crippen LogP contribution in [0.5, 0.6) is 0 Å². The summed E-state index contributed by atoms with van der Waals surface area (Å²) in [7, 11) is 0. The number of hydrogen-bond donors (Lipinski definition) is 7. The molecule has 1 aliphatic rings. The largest absolute Gasteiger partial charge is 0.679 e. The summed E-state index contributed by atoms with van der Waals surface area (Å²) in [6.45, 7) is 5.67. The van der Waals surface area contributed by atoms with E-state index in [4.69, 9.17) is 11.5 Å². The van der Waals surface area contributed by atoms with Crippen molar-refractivity contribution in [2.75, 3.05) is 72.0 Å². The average molecular weight is 1140 g/mol. The summed E-state index contributed by atoms with van der Waals surface area (Å²) >= 11 is 4.86. The minimum absolute atomic E-state index is 0. The molecule has 20 nitrogen and oxygen atoms in total. The first-order valence-corrected chi connectivity index (χ1v) is 25.3. The Morgan fingerprint density at radius 3 is 1.25 bits per heavy atom. The first-order chi connectivity index (χ1) is 28.3. The first kappa shape index (κ1) is 62.0. The zero-order chi connectivity index (χ0) is 44.7. The van der Waals surface area contributed by atoms with Crippen molar-refractivity contribution in [2.45, 2.75) is 116 Å². The van der Waals surface area contributed by atoms with Gasteiger partial charge in [0.05, 0.1) is 0 Å². The third-order valence-corrected chi connectivity index (χ3v) is 8.86. The molecular formula is C37H69BrFeN10O10Pt-3. The monoisotopic (exact) mass is 1140 g/mol. The van der Waals surface area contributed by atoms with Crippen LogP contribution in [0.2, 0.25) is 0 Å². The van der Waals surface area contributed by atoms with E-state index in [9.17, 15) is 49.2 Å². The van der Waals surface area contributed by atoms with Crippen LogP contribution in [-0.4, -0.2) is 144 Å². The normalized spacial score (nSPS) is 11.9. The second-order valence-corrected chi connectivity index (χ2v) is 13.8. The van der Waals surface area contributed by atoms with Crippen LogP contribution in [-0.2, 0) is 68.4 Å². The predicted molar refractivity (Wildman–Crippen MR) is 221 cm³/mol. The number of carbonyl (C=O) groups is 7.